The number of benzene rings is 7. The van der Waals surface area contributed by atoms with Crippen LogP contribution in [-0.2, 0) is 21.7 Å². The molecule has 0 radical (unpaired) electrons. The van der Waals surface area contributed by atoms with Gasteiger partial charge in [0.15, 0.2) is 7.28 Å². The van der Waals surface area contributed by atoms with E-state index in [1.165, 1.54) is 133 Å². The summed E-state index contributed by atoms with van der Waals surface area (Å²) in [5.74, 6) is 0.989. The standard InChI is InChI=1S/C66H63BN2/c1-62(2,3)35-21-23-40-48(28-35)60(40)68-56-33-53-43(42-27-36(63(4,5)6)22-26-51(42)66(53,11)12)29-46(56)39-24-25-41-47-30-52-45(38-18-14-16-20-50(38)64(52,7)8)32-57(47)69-58-34-54-44(31-55(58)67-59(39)61(41)69)37-17-13-15-19-49(37)65(54,9)10/h13-34,40,48,60,67-68H,1-12H3. The molecule has 3 unspecified atom stereocenters. The van der Waals surface area contributed by atoms with E-state index in [1.54, 1.807) is 0 Å². The molecule has 14 rings (SSSR count). The Balaban J connectivity index is 1.05. The molecule has 3 atom stereocenters. The van der Waals surface area contributed by atoms with Crippen molar-refractivity contribution >= 4 is 45.7 Å². The summed E-state index contributed by atoms with van der Waals surface area (Å²) in [6, 6.07) is 46.4. The van der Waals surface area contributed by atoms with Gasteiger partial charge in [-0.2, -0.15) is 0 Å². The van der Waals surface area contributed by atoms with Crippen LogP contribution < -0.4 is 16.2 Å². The number of nitrogens with one attached hydrogen (secondary N) is 1. The number of aromatic nitrogens is 1. The van der Waals surface area contributed by atoms with Crippen molar-refractivity contribution in [1.82, 2.24) is 4.57 Å². The van der Waals surface area contributed by atoms with Gasteiger partial charge in [-0.3, -0.25) is 0 Å². The van der Waals surface area contributed by atoms with Crippen molar-refractivity contribution in [3.63, 3.8) is 0 Å². The van der Waals surface area contributed by atoms with Crippen LogP contribution >= 0.6 is 0 Å². The van der Waals surface area contributed by atoms with Crippen LogP contribution in [0.25, 0.3) is 72.0 Å². The van der Waals surface area contributed by atoms with E-state index in [-0.39, 0.29) is 27.1 Å². The SMILES string of the molecule is CC(C)(C)C1=CC2C(C=C1)C2Nc1cc2c(cc1-c1ccc3c4cc5c(cc4n4c3c1Bc1cc3c(cc1-4)C(C)(C)c1ccccc1-3)-c1ccccc1C5(C)C)-c1cc(C(C)(C)C)ccc1C2(C)C. The Kier molecular flexibility index (Phi) is 7.91. The molecule has 2 heterocycles. The minimum atomic E-state index is -0.133. The van der Waals surface area contributed by atoms with Gasteiger partial charge in [0.2, 0.25) is 0 Å². The quantitative estimate of drug-likeness (QED) is 0.175. The Bertz CT molecular complexity index is 3730. The van der Waals surface area contributed by atoms with Crippen LogP contribution in [0.5, 0.6) is 0 Å². The third-order valence-electron chi connectivity index (χ3n) is 18.3. The van der Waals surface area contributed by atoms with Crippen LogP contribution in [0.4, 0.5) is 5.69 Å². The van der Waals surface area contributed by atoms with E-state index >= 15 is 0 Å². The van der Waals surface area contributed by atoms with Crippen molar-refractivity contribution in [2.75, 3.05) is 5.32 Å². The first-order valence-electron chi connectivity index (χ1n) is 25.8. The summed E-state index contributed by atoms with van der Waals surface area (Å²) in [6.07, 6.45) is 7.46. The van der Waals surface area contributed by atoms with Gasteiger partial charge >= 0.3 is 0 Å². The van der Waals surface area contributed by atoms with Gasteiger partial charge in [-0.1, -0.05) is 192 Å². The molecule has 0 amide bonds. The first kappa shape index (κ1) is 41.6. The second-order valence-electron chi connectivity index (χ2n) is 25.4. The maximum Gasteiger partial charge on any atom is 0.198 e. The average Bonchev–Trinajstić information content (AvgIpc) is 3.61. The zero-order chi connectivity index (χ0) is 47.6. The molecule has 0 spiro atoms. The highest BCUT2D eigenvalue weighted by atomic mass is 15.0. The monoisotopic (exact) mass is 895 g/mol. The Morgan fingerprint density at radius 1 is 0.507 bits per heavy atom. The molecule has 1 aromatic heterocycles. The molecule has 2 nitrogen and oxygen atoms in total. The van der Waals surface area contributed by atoms with E-state index in [0.717, 1.165) is 7.28 Å². The molecule has 0 bridgehead atoms. The van der Waals surface area contributed by atoms with Crippen LogP contribution in [0.1, 0.15) is 122 Å². The number of rotatable bonds is 3. The van der Waals surface area contributed by atoms with Gasteiger partial charge in [-0.15, -0.1) is 0 Å². The molecule has 8 aromatic rings. The molecule has 1 N–H and O–H groups in total. The lowest BCUT2D eigenvalue weighted by Crippen LogP contribution is -2.38. The molecule has 6 aliphatic rings. The lowest BCUT2D eigenvalue weighted by molar-refractivity contribution is 0.511. The van der Waals surface area contributed by atoms with E-state index in [0.29, 0.717) is 17.9 Å². The fourth-order valence-electron chi connectivity index (χ4n) is 14.1. The van der Waals surface area contributed by atoms with Gasteiger partial charge in [0, 0.05) is 67.3 Å². The Labute approximate surface area is 409 Å². The summed E-state index contributed by atoms with van der Waals surface area (Å²) in [4.78, 5) is 0. The predicted molar refractivity (Wildman–Crippen MR) is 295 cm³/mol. The lowest BCUT2D eigenvalue weighted by atomic mass is 9.58. The maximum atomic E-state index is 4.30. The van der Waals surface area contributed by atoms with Gasteiger partial charge in [0.25, 0.3) is 0 Å². The van der Waals surface area contributed by atoms with Crippen molar-refractivity contribution in [2.45, 2.75) is 111 Å². The molecule has 5 aliphatic carbocycles. The summed E-state index contributed by atoms with van der Waals surface area (Å²) in [7, 11) is 0.865. The van der Waals surface area contributed by atoms with Gasteiger partial charge in [-0.05, 0) is 130 Å². The maximum absolute atomic E-state index is 4.30. The predicted octanol–water partition coefficient (Wildman–Crippen LogP) is 14.9. The number of allylic oxidation sites excluding steroid dienone is 2. The molecule has 340 valence electrons. The average molecular weight is 895 g/mol. The van der Waals surface area contributed by atoms with Crippen molar-refractivity contribution in [3.8, 4) is 50.2 Å². The highest BCUT2D eigenvalue weighted by Gasteiger charge is 2.50. The third-order valence-corrected chi connectivity index (χ3v) is 18.3. The van der Waals surface area contributed by atoms with Gasteiger partial charge in [0.1, 0.15) is 0 Å². The molecular formula is C66H63BN2. The molecule has 0 saturated heterocycles. The van der Waals surface area contributed by atoms with Crippen LogP contribution in [0, 0.1) is 17.3 Å². The summed E-state index contributed by atoms with van der Waals surface area (Å²) in [6.45, 7) is 28.6. The molecule has 1 aliphatic heterocycles. The van der Waals surface area contributed by atoms with Gasteiger partial charge in [0.05, 0.1) is 5.52 Å². The largest absolute Gasteiger partial charge is 0.381 e. The topological polar surface area (TPSA) is 17.0 Å². The number of hydrogen-bond donors (Lipinski definition) is 1. The van der Waals surface area contributed by atoms with Gasteiger partial charge < -0.3 is 9.88 Å². The third kappa shape index (κ3) is 5.46. The van der Waals surface area contributed by atoms with Gasteiger partial charge in [-0.25, -0.2) is 0 Å². The summed E-state index contributed by atoms with van der Waals surface area (Å²) in [5, 5.41) is 7.00. The Morgan fingerprint density at radius 3 is 1.80 bits per heavy atom. The fourth-order valence-corrected chi connectivity index (χ4v) is 14.1. The van der Waals surface area contributed by atoms with E-state index in [1.807, 2.05) is 0 Å². The van der Waals surface area contributed by atoms with E-state index in [2.05, 4.69) is 226 Å². The second kappa shape index (κ2) is 13.1. The first-order chi connectivity index (χ1) is 32.7. The fraction of sp³-hybridized carbons (Fsp3) is 0.303. The van der Waals surface area contributed by atoms with Crippen LogP contribution in [0.3, 0.4) is 0 Å². The van der Waals surface area contributed by atoms with Crippen LogP contribution in [0.2, 0.25) is 0 Å². The van der Waals surface area contributed by atoms with Crippen molar-refractivity contribution in [3.05, 3.63) is 178 Å². The number of nitrogens with zero attached hydrogens (tertiary/aromatic N) is 1. The minimum Gasteiger partial charge on any atom is -0.381 e. The minimum absolute atomic E-state index is 0.0465. The van der Waals surface area contributed by atoms with Crippen molar-refractivity contribution in [2.24, 2.45) is 17.3 Å². The molecule has 7 aromatic carbocycles. The zero-order valence-corrected chi connectivity index (χ0v) is 42.6. The summed E-state index contributed by atoms with van der Waals surface area (Å²) >= 11 is 0. The van der Waals surface area contributed by atoms with Crippen molar-refractivity contribution in [1.29, 1.82) is 0 Å². The Morgan fingerprint density at radius 2 is 1.12 bits per heavy atom. The molecule has 1 saturated carbocycles. The molecular weight excluding hydrogens is 832 g/mol. The summed E-state index contributed by atoms with van der Waals surface area (Å²) < 4.78 is 2.70. The Hall–Kier alpha value is -6.32. The normalized spacial score (nSPS) is 20.8. The van der Waals surface area contributed by atoms with E-state index in [4.69, 9.17) is 0 Å². The van der Waals surface area contributed by atoms with Crippen LogP contribution in [-0.4, -0.2) is 17.9 Å². The van der Waals surface area contributed by atoms with E-state index in [9.17, 15) is 0 Å². The smallest absolute Gasteiger partial charge is 0.198 e. The van der Waals surface area contributed by atoms with Crippen molar-refractivity contribution < 1.29 is 0 Å². The zero-order valence-electron chi connectivity index (χ0n) is 42.6. The molecule has 3 heteroatoms. The van der Waals surface area contributed by atoms with Crippen LogP contribution in [0.15, 0.2) is 139 Å². The second-order valence-corrected chi connectivity index (χ2v) is 25.4. The number of anilines is 1. The van der Waals surface area contributed by atoms with E-state index < -0.39 is 0 Å². The highest BCUT2D eigenvalue weighted by Crippen LogP contribution is 2.57. The first-order valence-corrected chi connectivity index (χ1v) is 25.8. The lowest BCUT2D eigenvalue weighted by Gasteiger charge is -2.28. The molecule has 1 fully saturated rings. The summed E-state index contributed by atoms with van der Waals surface area (Å²) in [5.41, 5.74) is 30.2. The highest BCUT2D eigenvalue weighted by molar-refractivity contribution is 6.73. The number of hydrogen-bond acceptors (Lipinski definition) is 1. The number of fused-ring (bicyclic) bond motifs is 15. The molecule has 69 heavy (non-hydrogen) atoms.